The maximum atomic E-state index is 11.2. The molecule has 18 heavy (non-hydrogen) atoms. The van der Waals surface area contributed by atoms with Gasteiger partial charge < -0.3 is 10.2 Å². The third-order valence-corrected chi connectivity index (χ3v) is 2.69. The van der Waals surface area contributed by atoms with Crippen LogP contribution in [0.15, 0.2) is 24.3 Å². The lowest BCUT2D eigenvalue weighted by molar-refractivity contribution is 0.141. The zero-order valence-corrected chi connectivity index (χ0v) is 10.4. The minimum atomic E-state index is -0.447. The van der Waals surface area contributed by atoms with Gasteiger partial charge in [-0.2, -0.15) is 5.53 Å². The van der Waals surface area contributed by atoms with Gasteiger partial charge in [-0.15, -0.1) is 12.4 Å². The van der Waals surface area contributed by atoms with Gasteiger partial charge >= 0.3 is 6.09 Å². The van der Waals surface area contributed by atoms with Crippen LogP contribution in [0.5, 0.6) is 0 Å². The fourth-order valence-electron chi connectivity index (χ4n) is 1.78. The van der Waals surface area contributed by atoms with Crippen LogP contribution in [0.2, 0.25) is 0 Å². The summed E-state index contributed by atoms with van der Waals surface area (Å²) in [6.45, 7) is 0.333. The number of nitrogens with one attached hydrogen (secondary N) is 2. The molecule has 1 aliphatic rings. The van der Waals surface area contributed by atoms with Gasteiger partial charge in [0, 0.05) is 5.69 Å². The van der Waals surface area contributed by atoms with E-state index in [0.29, 0.717) is 13.0 Å². The number of halogens is 1. The molecule has 1 atom stereocenters. The number of anilines is 1. The highest BCUT2D eigenvalue weighted by atomic mass is 35.5. The first-order valence-corrected chi connectivity index (χ1v) is 5.22. The molecule has 0 saturated carbocycles. The summed E-state index contributed by atoms with van der Waals surface area (Å²) in [5.74, 6) is 10.5. The zero-order chi connectivity index (χ0) is 12.3. The van der Waals surface area contributed by atoms with Crippen molar-refractivity contribution in [1.29, 1.82) is 0 Å². The van der Waals surface area contributed by atoms with Crippen molar-refractivity contribution in [3.05, 3.63) is 29.8 Å². The third kappa shape index (κ3) is 3.02. The second-order valence-corrected chi connectivity index (χ2v) is 3.78. The molecule has 0 aromatic heterocycles. The van der Waals surface area contributed by atoms with Crippen LogP contribution in [0.3, 0.4) is 0 Å². The molecule has 1 aliphatic heterocycles. The second kappa shape index (κ2) is 6.41. The monoisotopic (exact) mass is 273 g/mol. The number of ether oxygens (including phenoxy) is 1. The van der Waals surface area contributed by atoms with E-state index in [1.807, 2.05) is 24.3 Å². The fraction of sp³-hybridized carbons (Fsp3) is 0.300. The van der Waals surface area contributed by atoms with Crippen molar-refractivity contribution in [2.24, 2.45) is 11.7 Å². The number of hydrogen-bond donors (Lipinski definition) is 4. The number of hydrogen-bond acceptors (Lipinski definition) is 6. The predicted octanol–water partition coefficient (Wildman–Crippen LogP) is 0.136. The summed E-state index contributed by atoms with van der Waals surface area (Å²) in [5.41, 5.74) is 6.80. The maximum Gasteiger partial charge on any atom is 0.425 e. The lowest BCUT2D eigenvalue weighted by atomic mass is 10.1. The molecule has 0 spiro atoms. The molecule has 6 N–H and O–H groups in total. The van der Waals surface area contributed by atoms with Crippen molar-refractivity contribution >= 4 is 24.2 Å². The smallest absolute Gasteiger partial charge is 0.425 e. The minimum absolute atomic E-state index is 0. The van der Waals surface area contributed by atoms with Gasteiger partial charge in [-0.1, -0.05) is 12.1 Å². The largest absolute Gasteiger partial charge is 0.446 e. The number of nitrogens with zero attached hydrogens (tertiary/aromatic N) is 1. The van der Waals surface area contributed by atoms with Gasteiger partial charge in [0.25, 0.3) is 0 Å². The Bertz CT molecular complexity index is 400. The highest BCUT2D eigenvalue weighted by molar-refractivity contribution is 5.85. The molecule has 0 radical (unpaired) electrons. The summed E-state index contributed by atoms with van der Waals surface area (Å²) in [5, 5.41) is 1.29. The van der Waals surface area contributed by atoms with E-state index in [-0.39, 0.29) is 18.4 Å². The molecule has 100 valence electrons. The summed E-state index contributed by atoms with van der Waals surface area (Å²) in [6, 6.07) is 7.52. The molecular weight excluding hydrogens is 258 g/mol. The van der Waals surface area contributed by atoms with Gasteiger partial charge in [0.2, 0.25) is 0 Å². The minimum Gasteiger partial charge on any atom is -0.446 e. The lowest BCUT2D eigenvalue weighted by Crippen LogP contribution is -2.49. The van der Waals surface area contributed by atoms with Crippen LogP contribution in [-0.4, -0.2) is 23.8 Å². The van der Waals surface area contributed by atoms with E-state index in [9.17, 15) is 4.79 Å². The molecule has 0 aliphatic carbocycles. The first-order valence-electron chi connectivity index (χ1n) is 5.22. The summed E-state index contributed by atoms with van der Waals surface area (Å²) in [7, 11) is 0. The molecule has 2 rings (SSSR count). The van der Waals surface area contributed by atoms with Crippen molar-refractivity contribution in [3.8, 4) is 0 Å². The topological polar surface area (TPSA) is 106 Å². The van der Waals surface area contributed by atoms with Crippen molar-refractivity contribution in [2.45, 2.75) is 12.5 Å². The molecular formula is C10H16ClN5O2. The van der Waals surface area contributed by atoms with Crippen molar-refractivity contribution in [1.82, 2.24) is 10.5 Å². The molecule has 1 heterocycles. The summed E-state index contributed by atoms with van der Waals surface area (Å²) < 4.78 is 4.90. The Hall–Kier alpha value is -1.54. The zero-order valence-electron chi connectivity index (χ0n) is 9.63. The SMILES string of the molecule is Cl.NNc1ccc(C[C@H]2COC(=O)N2NN)cc1. The Kier molecular flexibility index (Phi) is 5.17. The van der Waals surface area contributed by atoms with Crippen LogP contribution < -0.4 is 22.6 Å². The molecule has 0 unspecified atom stereocenters. The second-order valence-electron chi connectivity index (χ2n) is 3.78. The van der Waals surface area contributed by atoms with Gasteiger partial charge in [0.1, 0.15) is 6.61 Å². The average Bonchev–Trinajstić information content (AvgIpc) is 2.71. The maximum absolute atomic E-state index is 11.2. The van der Waals surface area contributed by atoms with Crippen LogP contribution in [0.4, 0.5) is 10.5 Å². The van der Waals surface area contributed by atoms with Gasteiger partial charge in [-0.05, 0) is 24.1 Å². The number of hydrazine groups is 3. The number of rotatable bonds is 4. The molecule has 7 nitrogen and oxygen atoms in total. The predicted molar refractivity (Wildman–Crippen MR) is 69.5 cm³/mol. The third-order valence-electron chi connectivity index (χ3n) is 2.69. The highest BCUT2D eigenvalue weighted by Gasteiger charge is 2.32. The number of benzene rings is 1. The molecule has 1 aromatic carbocycles. The van der Waals surface area contributed by atoms with E-state index in [1.54, 1.807) is 0 Å². The van der Waals surface area contributed by atoms with Gasteiger partial charge in [0.05, 0.1) is 6.04 Å². The van der Waals surface area contributed by atoms with Crippen molar-refractivity contribution in [3.63, 3.8) is 0 Å². The number of carbonyl (C=O) groups is 1. The first kappa shape index (κ1) is 14.5. The lowest BCUT2D eigenvalue weighted by Gasteiger charge is -2.19. The number of amides is 1. The summed E-state index contributed by atoms with van der Waals surface area (Å²) in [4.78, 5) is 11.2. The average molecular weight is 274 g/mol. The molecule has 0 bridgehead atoms. The first-order chi connectivity index (χ1) is 8.24. The van der Waals surface area contributed by atoms with Crippen LogP contribution in [0.25, 0.3) is 0 Å². The Morgan fingerprint density at radius 1 is 1.33 bits per heavy atom. The van der Waals surface area contributed by atoms with Crippen molar-refractivity contribution < 1.29 is 9.53 Å². The van der Waals surface area contributed by atoms with Gasteiger partial charge in [-0.3, -0.25) is 11.7 Å². The van der Waals surface area contributed by atoms with Crippen LogP contribution in [-0.2, 0) is 11.2 Å². The summed E-state index contributed by atoms with van der Waals surface area (Å²) >= 11 is 0. The van der Waals surface area contributed by atoms with E-state index >= 15 is 0 Å². The Morgan fingerprint density at radius 2 is 2.00 bits per heavy atom. The number of carbonyl (C=O) groups excluding carboxylic acids is 1. The Labute approximate surface area is 111 Å². The highest BCUT2D eigenvalue weighted by Crippen LogP contribution is 2.16. The summed E-state index contributed by atoms with van der Waals surface area (Å²) in [6.07, 6.45) is 0.221. The van der Waals surface area contributed by atoms with E-state index in [4.69, 9.17) is 16.4 Å². The fourth-order valence-corrected chi connectivity index (χ4v) is 1.78. The van der Waals surface area contributed by atoms with Crippen LogP contribution >= 0.6 is 12.4 Å². The normalized spacial score (nSPS) is 18.2. The molecule has 8 heteroatoms. The number of nitrogens with two attached hydrogens (primary N) is 2. The molecule has 1 fully saturated rings. The molecule has 1 saturated heterocycles. The number of nitrogen functional groups attached to an aromatic ring is 1. The number of cyclic esters (lactones) is 1. The van der Waals surface area contributed by atoms with Gasteiger partial charge in [0.15, 0.2) is 0 Å². The van der Waals surface area contributed by atoms with E-state index in [1.165, 1.54) is 5.01 Å². The Morgan fingerprint density at radius 3 is 2.56 bits per heavy atom. The van der Waals surface area contributed by atoms with E-state index < -0.39 is 6.09 Å². The quantitative estimate of drug-likeness (QED) is 0.459. The van der Waals surface area contributed by atoms with Crippen LogP contribution in [0, 0.1) is 0 Å². The molecule has 1 amide bonds. The Balaban J connectivity index is 0.00000162. The van der Waals surface area contributed by atoms with E-state index in [2.05, 4.69) is 11.0 Å². The van der Waals surface area contributed by atoms with Crippen LogP contribution in [0.1, 0.15) is 5.56 Å². The standard InChI is InChI=1S/C10H15N5O2.ClH/c11-13-8-3-1-7(2-4-8)5-9-6-17-10(16)15(9)14-12;/h1-4,9,13-14H,5-6,11-12H2;1H/t9-;/m0./s1. The van der Waals surface area contributed by atoms with E-state index in [0.717, 1.165) is 11.3 Å². The van der Waals surface area contributed by atoms with Crippen molar-refractivity contribution in [2.75, 3.05) is 12.0 Å². The van der Waals surface area contributed by atoms with Gasteiger partial charge in [-0.25, -0.2) is 9.80 Å². The molecule has 1 aromatic rings.